The minimum atomic E-state index is -4.14. The SMILES string of the molecule is COc1cc(C)c(S(=O)(=O)NNC(=O)CCNS(C)(=O)=O)c(C)c1Cc1ccc2c(c1)OCO2. The molecule has 0 saturated heterocycles. The predicted molar refractivity (Wildman–Crippen MR) is 124 cm³/mol. The first-order valence-corrected chi connectivity index (χ1v) is 13.6. The van der Waals surface area contributed by atoms with Gasteiger partial charge in [0.15, 0.2) is 11.5 Å². The Morgan fingerprint density at radius 3 is 2.47 bits per heavy atom. The van der Waals surface area contributed by atoms with E-state index in [1.807, 2.05) is 12.1 Å². The third-order valence-electron chi connectivity index (χ3n) is 5.14. The van der Waals surface area contributed by atoms with Crippen molar-refractivity contribution in [2.75, 3.05) is 26.7 Å². The van der Waals surface area contributed by atoms with Crippen LogP contribution in [0.5, 0.6) is 17.2 Å². The second-order valence-electron chi connectivity index (χ2n) is 7.76. The standard InChI is InChI=1S/C21H27N3O8S2/c1-13-9-18(30-3)16(10-15-5-6-17-19(11-15)32-12-31-17)14(2)21(13)34(28,29)24-23-20(25)7-8-22-33(4,26)27/h5-6,9,11,22,24H,7-8,10,12H2,1-4H3,(H,23,25). The van der Waals surface area contributed by atoms with Crippen molar-refractivity contribution in [2.45, 2.75) is 31.6 Å². The number of fused-ring (bicyclic) bond motifs is 1. The summed E-state index contributed by atoms with van der Waals surface area (Å²) in [5.74, 6) is 1.10. The van der Waals surface area contributed by atoms with E-state index in [-0.39, 0.29) is 24.7 Å². The molecule has 0 spiro atoms. The predicted octanol–water partition coefficient (Wildman–Crippen LogP) is 0.880. The van der Waals surface area contributed by atoms with Crippen molar-refractivity contribution in [1.82, 2.24) is 15.0 Å². The largest absolute Gasteiger partial charge is 0.496 e. The Bertz CT molecular complexity index is 1310. The maximum absolute atomic E-state index is 13.1. The molecule has 0 fully saturated rings. The Labute approximate surface area is 198 Å². The van der Waals surface area contributed by atoms with Gasteiger partial charge in [0, 0.05) is 24.9 Å². The quantitative estimate of drug-likeness (QED) is 0.397. The van der Waals surface area contributed by atoms with Crippen LogP contribution in [0.4, 0.5) is 0 Å². The van der Waals surface area contributed by atoms with Crippen molar-refractivity contribution >= 4 is 26.0 Å². The van der Waals surface area contributed by atoms with Gasteiger partial charge in [-0.05, 0) is 48.7 Å². The Hall–Kier alpha value is -2.87. The number of hydrogen-bond acceptors (Lipinski definition) is 8. The summed E-state index contributed by atoms with van der Waals surface area (Å²) < 4.78 is 66.7. The molecule has 1 heterocycles. The van der Waals surface area contributed by atoms with Crippen LogP contribution in [0.2, 0.25) is 0 Å². The summed E-state index contributed by atoms with van der Waals surface area (Å²) in [6.45, 7) is 3.29. The number of carbonyl (C=O) groups excluding carboxylic acids is 1. The number of nitrogens with one attached hydrogen (secondary N) is 3. The van der Waals surface area contributed by atoms with Gasteiger partial charge >= 0.3 is 0 Å². The van der Waals surface area contributed by atoms with Crippen LogP contribution in [-0.4, -0.2) is 49.4 Å². The average Bonchev–Trinajstić information content (AvgIpc) is 3.21. The van der Waals surface area contributed by atoms with Gasteiger partial charge in [0.1, 0.15) is 5.75 Å². The molecule has 186 valence electrons. The number of aryl methyl sites for hydroxylation is 1. The molecule has 1 aliphatic heterocycles. The summed E-state index contributed by atoms with van der Waals surface area (Å²) in [7, 11) is -6.09. The van der Waals surface area contributed by atoms with Crippen LogP contribution < -0.4 is 29.2 Å². The van der Waals surface area contributed by atoms with Crippen LogP contribution in [-0.2, 0) is 31.3 Å². The molecule has 34 heavy (non-hydrogen) atoms. The highest BCUT2D eigenvalue weighted by atomic mass is 32.2. The van der Waals surface area contributed by atoms with E-state index in [2.05, 4.69) is 15.0 Å². The molecule has 0 aliphatic carbocycles. The summed E-state index contributed by atoms with van der Waals surface area (Å²) in [5.41, 5.74) is 4.55. The number of methoxy groups -OCH3 is 1. The van der Waals surface area contributed by atoms with Crippen LogP contribution in [0.15, 0.2) is 29.2 Å². The zero-order valence-corrected chi connectivity index (χ0v) is 20.9. The zero-order chi connectivity index (χ0) is 25.1. The molecule has 0 radical (unpaired) electrons. The molecule has 0 saturated carbocycles. The lowest BCUT2D eigenvalue weighted by atomic mass is 9.97. The van der Waals surface area contributed by atoms with Crippen molar-refractivity contribution in [2.24, 2.45) is 0 Å². The van der Waals surface area contributed by atoms with Gasteiger partial charge in [-0.25, -0.2) is 21.6 Å². The van der Waals surface area contributed by atoms with Gasteiger partial charge in [-0.15, -0.1) is 4.83 Å². The molecule has 1 amide bonds. The van der Waals surface area contributed by atoms with Crippen molar-refractivity contribution < 1.29 is 35.8 Å². The monoisotopic (exact) mass is 513 g/mol. The maximum Gasteiger partial charge on any atom is 0.257 e. The van der Waals surface area contributed by atoms with E-state index < -0.39 is 26.0 Å². The summed E-state index contributed by atoms with van der Waals surface area (Å²) >= 11 is 0. The number of carbonyl (C=O) groups is 1. The number of amides is 1. The van der Waals surface area contributed by atoms with Gasteiger partial charge in [0.2, 0.25) is 22.7 Å². The van der Waals surface area contributed by atoms with Gasteiger partial charge in [0.25, 0.3) is 10.0 Å². The lowest BCUT2D eigenvalue weighted by Crippen LogP contribution is -2.43. The van der Waals surface area contributed by atoms with E-state index in [1.165, 1.54) is 7.11 Å². The molecule has 1 aliphatic rings. The Kier molecular flexibility index (Phi) is 7.70. The molecule has 0 atom stereocenters. The van der Waals surface area contributed by atoms with Gasteiger partial charge in [-0.2, -0.15) is 0 Å². The third-order valence-corrected chi connectivity index (χ3v) is 7.41. The second kappa shape index (κ2) is 10.2. The second-order valence-corrected chi connectivity index (χ2v) is 11.2. The number of ether oxygens (including phenoxy) is 3. The fourth-order valence-electron chi connectivity index (χ4n) is 3.62. The van der Waals surface area contributed by atoms with E-state index in [4.69, 9.17) is 14.2 Å². The number of rotatable bonds is 10. The van der Waals surface area contributed by atoms with Crippen LogP contribution in [0, 0.1) is 13.8 Å². The van der Waals surface area contributed by atoms with Gasteiger partial charge in [0.05, 0.1) is 18.3 Å². The lowest BCUT2D eigenvalue weighted by molar-refractivity contribution is -0.121. The number of benzene rings is 2. The van der Waals surface area contributed by atoms with E-state index >= 15 is 0 Å². The molecule has 2 aromatic carbocycles. The van der Waals surface area contributed by atoms with Gasteiger partial charge in [-0.1, -0.05) is 6.07 Å². The molecular formula is C21H27N3O8S2. The molecule has 11 nitrogen and oxygen atoms in total. The average molecular weight is 514 g/mol. The van der Waals surface area contributed by atoms with Gasteiger partial charge < -0.3 is 14.2 Å². The molecule has 0 unspecified atom stereocenters. The Morgan fingerprint density at radius 1 is 1.09 bits per heavy atom. The highest BCUT2D eigenvalue weighted by molar-refractivity contribution is 7.89. The molecule has 3 rings (SSSR count). The summed E-state index contributed by atoms with van der Waals surface area (Å²) in [5, 5.41) is 0. The maximum atomic E-state index is 13.1. The van der Waals surface area contributed by atoms with Crippen LogP contribution in [0.3, 0.4) is 0 Å². The molecular weight excluding hydrogens is 486 g/mol. The van der Waals surface area contributed by atoms with Crippen LogP contribution in [0.1, 0.15) is 28.7 Å². The van der Waals surface area contributed by atoms with E-state index in [1.54, 1.807) is 26.0 Å². The van der Waals surface area contributed by atoms with E-state index in [0.717, 1.165) is 11.8 Å². The molecule has 3 N–H and O–H groups in total. The molecule has 2 aromatic rings. The summed E-state index contributed by atoms with van der Waals surface area (Å²) in [4.78, 5) is 14.1. The molecule has 0 aromatic heterocycles. The van der Waals surface area contributed by atoms with E-state index in [0.29, 0.717) is 40.4 Å². The van der Waals surface area contributed by atoms with Crippen molar-refractivity contribution in [3.05, 3.63) is 46.5 Å². The zero-order valence-electron chi connectivity index (χ0n) is 19.2. The minimum absolute atomic E-state index is 0.0126. The molecule has 13 heteroatoms. The van der Waals surface area contributed by atoms with E-state index in [9.17, 15) is 21.6 Å². The Balaban J connectivity index is 1.82. The topological polar surface area (TPSA) is 149 Å². The number of sulfonamides is 2. The first-order chi connectivity index (χ1) is 15.9. The third kappa shape index (κ3) is 6.17. The fourth-order valence-corrected chi connectivity index (χ4v) is 5.46. The first kappa shape index (κ1) is 25.7. The molecule has 0 bridgehead atoms. The summed E-state index contributed by atoms with van der Waals surface area (Å²) in [6, 6.07) is 7.12. The highest BCUT2D eigenvalue weighted by Gasteiger charge is 2.25. The fraction of sp³-hybridized carbons (Fsp3) is 0.381. The Morgan fingerprint density at radius 2 is 1.79 bits per heavy atom. The van der Waals surface area contributed by atoms with Gasteiger partial charge in [-0.3, -0.25) is 10.2 Å². The lowest BCUT2D eigenvalue weighted by Gasteiger charge is -2.19. The van der Waals surface area contributed by atoms with Crippen LogP contribution >= 0.6 is 0 Å². The van der Waals surface area contributed by atoms with Crippen molar-refractivity contribution in [3.8, 4) is 17.2 Å². The minimum Gasteiger partial charge on any atom is -0.496 e. The van der Waals surface area contributed by atoms with Crippen molar-refractivity contribution in [3.63, 3.8) is 0 Å². The number of hydrogen-bond donors (Lipinski definition) is 3. The normalized spacial score (nSPS) is 13.1. The number of hydrazine groups is 1. The smallest absolute Gasteiger partial charge is 0.257 e. The van der Waals surface area contributed by atoms with Crippen molar-refractivity contribution in [1.29, 1.82) is 0 Å². The highest BCUT2D eigenvalue weighted by Crippen LogP contribution is 2.36. The summed E-state index contributed by atoms with van der Waals surface area (Å²) in [6.07, 6.45) is 1.09. The van der Waals surface area contributed by atoms with Crippen LogP contribution in [0.25, 0.3) is 0 Å². The first-order valence-electron chi connectivity index (χ1n) is 10.2.